The first kappa shape index (κ1) is 16.8. The molecule has 0 spiro atoms. The molecule has 0 aromatic rings. The van der Waals surface area contributed by atoms with E-state index in [0.717, 1.165) is 6.42 Å². The van der Waals surface area contributed by atoms with Crippen LogP contribution in [-0.2, 0) is 0 Å². The Labute approximate surface area is 114 Å². The van der Waals surface area contributed by atoms with Crippen molar-refractivity contribution in [1.82, 2.24) is 4.90 Å². The van der Waals surface area contributed by atoms with Crippen molar-refractivity contribution in [1.29, 1.82) is 0 Å². The Bertz CT molecular complexity index is 268. The second-order valence-corrected chi connectivity index (χ2v) is 6.04. The summed E-state index contributed by atoms with van der Waals surface area (Å²) in [5.41, 5.74) is 0. The zero-order valence-electron chi connectivity index (χ0n) is 12.1. The molecular formula is C14H26F3NO. The number of halogens is 3. The summed E-state index contributed by atoms with van der Waals surface area (Å²) in [6.45, 7) is 5.57. The molecule has 5 heteroatoms. The minimum Gasteiger partial charge on any atom is -0.391 e. The van der Waals surface area contributed by atoms with Gasteiger partial charge in [-0.15, -0.1) is 0 Å². The monoisotopic (exact) mass is 281 g/mol. The molecule has 0 aromatic heterocycles. The van der Waals surface area contributed by atoms with E-state index in [1.54, 1.807) is 0 Å². The lowest BCUT2D eigenvalue weighted by Gasteiger charge is -2.42. The van der Waals surface area contributed by atoms with Crippen molar-refractivity contribution in [2.75, 3.05) is 13.1 Å². The van der Waals surface area contributed by atoms with E-state index in [4.69, 9.17) is 0 Å². The summed E-state index contributed by atoms with van der Waals surface area (Å²) in [5, 5.41) is 10.1. The number of hydrogen-bond donors (Lipinski definition) is 1. The van der Waals surface area contributed by atoms with Crippen LogP contribution in [0, 0.1) is 11.8 Å². The lowest BCUT2D eigenvalue weighted by atomic mass is 9.77. The first-order valence-corrected chi connectivity index (χ1v) is 7.23. The Balaban J connectivity index is 2.74. The van der Waals surface area contributed by atoms with E-state index in [0.29, 0.717) is 37.6 Å². The van der Waals surface area contributed by atoms with Crippen LogP contribution in [0.5, 0.6) is 0 Å². The van der Waals surface area contributed by atoms with Gasteiger partial charge in [0.1, 0.15) is 0 Å². The standard InChI is InChI=1S/C14H26F3NO/c1-4-7-18(9-14(15,16)17)12-8-11(10(2)3)5-6-13(12)19/h10-13,19H,4-9H2,1-3H3. The predicted molar refractivity (Wildman–Crippen MR) is 69.9 cm³/mol. The fraction of sp³-hybridized carbons (Fsp3) is 1.00. The second-order valence-electron chi connectivity index (χ2n) is 6.04. The summed E-state index contributed by atoms with van der Waals surface area (Å²) in [7, 11) is 0. The topological polar surface area (TPSA) is 23.5 Å². The Morgan fingerprint density at radius 1 is 1.26 bits per heavy atom. The van der Waals surface area contributed by atoms with Crippen molar-refractivity contribution < 1.29 is 18.3 Å². The number of aliphatic hydroxyl groups excluding tert-OH is 1. The highest BCUT2D eigenvalue weighted by Crippen LogP contribution is 2.34. The van der Waals surface area contributed by atoms with E-state index in [1.165, 1.54) is 4.90 Å². The zero-order chi connectivity index (χ0) is 14.6. The predicted octanol–water partition coefficient (Wildman–Crippen LogP) is 3.45. The van der Waals surface area contributed by atoms with Gasteiger partial charge in [0.05, 0.1) is 12.6 Å². The number of aliphatic hydroxyl groups is 1. The van der Waals surface area contributed by atoms with E-state index >= 15 is 0 Å². The number of alkyl halides is 3. The third-order valence-electron chi connectivity index (χ3n) is 4.13. The summed E-state index contributed by atoms with van der Waals surface area (Å²) in [5.74, 6) is 0.880. The van der Waals surface area contributed by atoms with Crippen molar-refractivity contribution in [3.8, 4) is 0 Å². The highest BCUT2D eigenvalue weighted by Gasteiger charge is 2.39. The maximum absolute atomic E-state index is 12.6. The van der Waals surface area contributed by atoms with Crippen LogP contribution in [-0.4, -0.2) is 41.4 Å². The van der Waals surface area contributed by atoms with Gasteiger partial charge in [0.2, 0.25) is 0 Å². The molecule has 1 rings (SSSR count). The Kier molecular flexibility index (Phi) is 6.12. The zero-order valence-corrected chi connectivity index (χ0v) is 12.1. The van der Waals surface area contributed by atoms with Crippen LogP contribution in [0.25, 0.3) is 0 Å². The van der Waals surface area contributed by atoms with Gasteiger partial charge >= 0.3 is 6.18 Å². The van der Waals surface area contributed by atoms with Crippen molar-refractivity contribution >= 4 is 0 Å². The molecule has 0 heterocycles. The maximum Gasteiger partial charge on any atom is 0.401 e. The van der Waals surface area contributed by atoms with E-state index in [-0.39, 0.29) is 6.04 Å². The molecule has 0 radical (unpaired) electrons. The summed E-state index contributed by atoms with van der Waals surface area (Å²) >= 11 is 0. The third kappa shape index (κ3) is 5.30. The normalized spacial score (nSPS) is 29.2. The molecule has 1 fully saturated rings. The highest BCUT2D eigenvalue weighted by molar-refractivity contribution is 4.88. The average molecular weight is 281 g/mol. The van der Waals surface area contributed by atoms with Crippen molar-refractivity contribution in [3.05, 3.63) is 0 Å². The van der Waals surface area contributed by atoms with Crippen LogP contribution in [0.1, 0.15) is 46.5 Å². The fourth-order valence-corrected chi connectivity index (χ4v) is 3.04. The maximum atomic E-state index is 12.6. The lowest BCUT2D eigenvalue weighted by Crippen LogP contribution is -2.51. The molecule has 0 amide bonds. The molecule has 1 N–H and O–H groups in total. The molecule has 0 aliphatic heterocycles. The molecular weight excluding hydrogens is 255 g/mol. The molecule has 0 aromatic carbocycles. The largest absolute Gasteiger partial charge is 0.401 e. The molecule has 1 aliphatic rings. The van der Waals surface area contributed by atoms with Gasteiger partial charge in [-0.2, -0.15) is 13.2 Å². The highest BCUT2D eigenvalue weighted by atomic mass is 19.4. The molecule has 114 valence electrons. The summed E-state index contributed by atoms with van der Waals surface area (Å²) < 4.78 is 37.9. The quantitative estimate of drug-likeness (QED) is 0.834. The molecule has 1 aliphatic carbocycles. The van der Waals surface area contributed by atoms with Crippen molar-refractivity contribution in [2.24, 2.45) is 11.8 Å². The van der Waals surface area contributed by atoms with Crippen LogP contribution in [0.15, 0.2) is 0 Å². The third-order valence-corrected chi connectivity index (χ3v) is 4.13. The summed E-state index contributed by atoms with van der Waals surface area (Å²) in [6, 6.07) is -0.345. The molecule has 3 atom stereocenters. The van der Waals surface area contributed by atoms with Gasteiger partial charge in [-0.05, 0) is 44.1 Å². The van der Waals surface area contributed by atoms with Crippen LogP contribution in [0.4, 0.5) is 13.2 Å². The van der Waals surface area contributed by atoms with Gasteiger partial charge in [0.25, 0.3) is 0 Å². The SMILES string of the molecule is CCCN(CC(F)(F)F)C1CC(C(C)C)CCC1O. The van der Waals surface area contributed by atoms with E-state index in [1.807, 2.05) is 6.92 Å². The van der Waals surface area contributed by atoms with E-state index < -0.39 is 18.8 Å². The number of nitrogens with zero attached hydrogens (tertiary/aromatic N) is 1. The Hall–Kier alpha value is -0.290. The van der Waals surface area contributed by atoms with Gasteiger partial charge in [0.15, 0.2) is 0 Å². The van der Waals surface area contributed by atoms with Crippen LogP contribution >= 0.6 is 0 Å². The van der Waals surface area contributed by atoms with Gasteiger partial charge in [-0.3, -0.25) is 4.90 Å². The minimum absolute atomic E-state index is 0.345. The lowest BCUT2D eigenvalue weighted by molar-refractivity contribution is -0.159. The van der Waals surface area contributed by atoms with Gasteiger partial charge in [-0.25, -0.2) is 0 Å². The summed E-state index contributed by atoms with van der Waals surface area (Å²) in [4.78, 5) is 1.43. The van der Waals surface area contributed by atoms with Crippen molar-refractivity contribution in [2.45, 2.75) is 64.8 Å². The molecule has 1 saturated carbocycles. The Morgan fingerprint density at radius 3 is 2.37 bits per heavy atom. The van der Waals surface area contributed by atoms with E-state index in [9.17, 15) is 18.3 Å². The van der Waals surface area contributed by atoms with Crippen LogP contribution < -0.4 is 0 Å². The molecule has 2 nitrogen and oxygen atoms in total. The van der Waals surface area contributed by atoms with Gasteiger partial charge < -0.3 is 5.11 Å². The molecule has 0 bridgehead atoms. The molecule has 3 unspecified atom stereocenters. The van der Waals surface area contributed by atoms with Crippen LogP contribution in [0.3, 0.4) is 0 Å². The van der Waals surface area contributed by atoms with Gasteiger partial charge in [-0.1, -0.05) is 20.8 Å². The molecule has 19 heavy (non-hydrogen) atoms. The van der Waals surface area contributed by atoms with E-state index in [2.05, 4.69) is 13.8 Å². The fourth-order valence-electron chi connectivity index (χ4n) is 3.04. The van der Waals surface area contributed by atoms with Gasteiger partial charge in [0, 0.05) is 6.04 Å². The minimum atomic E-state index is -4.19. The second kappa shape index (κ2) is 6.93. The Morgan fingerprint density at radius 2 is 1.89 bits per heavy atom. The molecule has 0 saturated heterocycles. The average Bonchev–Trinajstić information content (AvgIpc) is 2.27. The smallest absolute Gasteiger partial charge is 0.391 e. The first-order chi connectivity index (χ1) is 8.74. The first-order valence-electron chi connectivity index (χ1n) is 7.23. The number of rotatable bonds is 5. The summed E-state index contributed by atoms with van der Waals surface area (Å²) in [6.07, 6.45) is -1.93. The van der Waals surface area contributed by atoms with Crippen molar-refractivity contribution in [3.63, 3.8) is 0 Å². The van der Waals surface area contributed by atoms with Crippen LogP contribution in [0.2, 0.25) is 0 Å². The number of hydrogen-bond acceptors (Lipinski definition) is 2.